The van der Waals surface area contributed by atoms with Crippen LogP contribution in [-0.2, 0) is 9.59 Å². The standard InChI is InChI=1S/C11H19N5O3/c1-2-3-14-11(19)15-9(17)7-16-5-4-13-6-8(16)10(12)18/h2,8,13H,1,3-7H2,(H2,12,18)(H2,14,15,17,19). The quantitative estimate of drug-likeness (QED) is 0.421. The topological polar surface area (TPSA) is 117 Å². The number of amides is 4. The van der Waals surface area contributed by atoms with Crippen LogP contribution in [0.2, 0.25) is 0 Å². The molecule has 0 bridgehead atoms. The van der Waals surface area contributed by atoms with Gasteiger partial charge in [0.25, 0.3) is 0 Å². The van der Waals surface area contributed by atoms with Gasteiger partial charge in [0, 0.05) is 26.2 Å². The minimum absolute atomic E-state index is 0.0448. The highest BCUT2D eigenvalue weighted by atomic mass is 16.2. The van der Waals surface area contributed by atoms with Crippen LogP contribution in [0.15, 0.2) is 12.7 Å². The van der Waals surface area contributed by atoms with E-state index in [0.717, 1.165) is 0 Å². The summed E-state index contributed by atoms with van der Waals surface area (Å²) in [6.45, 7) is 5.27. The summed E-state index contributed by atoms with van der Waals surface area (Å²) in [5.74, 6) is -0.967. The van der Waals surface area contributed by atoms with Crippen molar-refractivity contribution in [1.82, 2.24) is 20.9 Å². The van der Waals surface area contributed by atoms with E-state index < -0.39 is 23.9 Å². The predicted molar refractivity (Wildman–Crippen MR) is 69.2 cm³/mol. The minimum Gasteiger partial charge on any atom is -0.368 e. The zero-order valence-electron chi connectivity index (χ0n) is 10.6. The Morgan fingerprint density at radius 2 is 2.21 bits per heavy atom. The zero-order chi connectivity index (χ0) is 14.3. The third-order valence-corrected chi connectivity index (χ3v) is 2.69. The lowest BCUT2D eigenvalue weighted by Crippen LogP contribution is -2.59. The van der Waals surface area contributed by atoms with Gasteiger partial charge in [0.15, 0.2) is 0 Å². The molecule has 8 heteroatoms. The fraction of sp³-hybridized carbons (Fsp3) is 0.545. The molecule has 1 atom stereocenters. The van der Waals surface area contributed by atoms with Crippen LogP contribution >= 0.6 is 0 Å². The van der Waals surface area contributed by atoms with Crippen LogP contribution in [0.5, 0.6) is 0 Å². The van der Waals surface area contributed by atoms with Crippen molar-refractivity contribution in [2.24, 2.45) is 5.73 Å². The maximum atomic E-state index is 11.6. The Kier molecular flexibility index (Phi) is 5.97. The smallest absolute Gasteiger partial charge is 0.321 e. The molecule has 0 aliphatic carbocycles. The van der Waals surface area contributed by atoms with Crippen LogP contribution in [-0.4, -0.2) is 61.5 Å². The van der Waals surface area contributed by atoms with Crippen molar-refractivity contribution >= 4 is 17.8 Å². The highest BCUT2D eigenvalue weighted by Gasteiger charge is 2.28. The molecule has 0 aromatic rings. The van der Waals surface area contributed by atoms with Gasteiger partial charge in [-0.3, -0.25) is 19.8 Å². The fourth-order valence-electron chi connectivity index (χ4n) is 1.78. The van der Waals surface area contributed by atoms with Crippen LogP contribution in [0, 0.1) is 0 Å². The molecule has 0 radical (unpaired) electrons. The van der Waals surface area contributed by atoms with Crippen LogP contribution in [0.3, 0.4) is 0 Å². The molecule has 106 valence electrons. The molecule has 1 rings (SSSR count). The summed E-state index contributed by atoms with van der Waals surface area (Å²) in [5, 5.41) is 7.62. The molecule has 1 aliphatic rings. The lowest BCUT2D eigenvalue weighted by molar-refractivity contribution is -0.127. The molecule has 0 aromatic heterocycles. The lowest BCUT2D eigenvalue weighted by Gasteiger charge is -2.33. The van der Waals surface area contributed by atoms with Crippen molar-refractivity contribution < 1.29 is 14.4 Å². The Bertz CT molecular complexity index is 371. The summed E-state index contributed by atoms with van der Waals surface area (Å²) in [4.78, 5) is 35.8. The second-order valence-electron chi connectivity index (χ2n) is 4.14. The van der Waals surface area contributed by atoms with Gasteiger partial charge >= 0.3 is 6.03 Å². The number of primary amides is 1. The molecule has 1 aliphatic heterocycles. The van der Waals surface area contributed by atoms with Gasteiger partial charge in [0.1, 0.15) is 6.04 Å². The Balaban J connectivity index is 2.43. The van der Waals surface area contributed by atoms with Crippen molar-refractivity contribution in [2.75, 3.05) is 32.7 Å². The van der Waals surface area contributed by atoms with E-state index in [4.69, 9.17) is 5.73 Å². The molecule has 0 saturated carbocycles. The third kappa shape index (κ3) is 5.06. The summed E-state index contributed by atoms with van der Waals surface area (Å²) < 4.78 is 0. The molecule has 1 fully saturated rings. The average molecular weight is 269 g/mol. The van der Waals surface area contributed by atoms with Gasteiger partial charge in [-0.1, -0.05) is 6.08 Å². The van der Waals surface area contributed by atoms with E-state index in [-0.39, 0.29) is 13.1 Å². The first-order valence-electron chi connectivity index (χ1n) is 5.97. The Morgan fingerprint density at radius 3 is 2.84 bits per heavy atom. The number of nitrogens with one attached hydrogen (secondary N) is 3. The van der Waals surface area contributed by atoms with Gasteiger partial charge in [-0.25, -0.2) is 4.79 Å². The SMILES string of the molecule is C=CCNC(=O)NC(=O)CN1CCNCC1C(N)=O. The first-order valence-corrected chi connectivity index (χ1v) is 5.97. The highest BCUT2D eigenvalue weighted by molar-refractivity contribution is 5.95. The molecule has 0 aromatic carbocycles. The molecule has 1 saturated heterocycles. The number of hydrogen-bond donors (Lipinski definition) is 4. The zero-order valence-corrected chi connectivity index (χ0v) is 10.6. The maximum absolute atomic E-state index is 11.6. The van der Waals surface area contributed by atoms with E-state index in [1.165, 1.54) is 6.08 Å². The van der Waals surface area contributed by atoms with Crippen molar-refractivity contribution in [3.63, 3.8) is 0 Å². The molecular formula is C11H19N5O3. The van der Waals surface area contributed by atoms with Gasteiger partial charge in [-0.2, -0.15) is 0 Å². The number of piperazine rings is 1. The summed E-state index contributed by atoms with van der Waals surface area (Å²) in [5.41, 5.74) is 5.26. The van der Waals surface area contributed by atoms with Crippen molar-refractivity contribution in [1.29, 1.82) is 0 Å². The third-order valence-electron chi connectivity index (χ3n) is 2.69. The summed E-state index contributed by atoms with van der Waals surface area (Å²) >= 11 is 0. The van der Waals surface area contributed by atoms with Crippen molar-refractivity contribution in [3.05, 3.63) is 12.7 Å². The molecule has 1 unspecified atom stereocenters. The summed E-state index contributed by atoms with van der Waals surface area (Å²) in [7, 11) is 0. The number of carbonyl (C=O) groups excluding carboxylic acids is 3. The molecule has 0 spiro atoms. The maximum Gasteiger partial charge on any atom is 0.321 e. The normalized spacial score (nSPS) is 19.5. The molecule has 4 amide bonds. The first kappa shape index (κ1) is 15.1. The Labute approximate surface area is 111 Å². The van der Waals surface area contributed by atoms with Crippen LogP contribution in [0.4, 0.5) is 4.79 Å². The second kappa shape index (κ2) is 7.49. The summed E-state index contributed by atoms with van der Waals surface area (Å²) in [6, 6.07) is -1.12. The van der Waals surface area contributed by atoms with Crippen LogP contribution in [0.1, 0.15) is 0 Å². The number of imide groups is 1. The Hall–Kier alpha value is -1.93. The van der Waals surface area contributed by atoms with E-state index >= 15 is 0 Å². The van der Waals surface area contributed by atoms with Crippen molar-refractivity contribution in [2.45, 2.75) is 6.04 Å². The molecule has 5 N–H and O–H groups in total. The number of nitrogens with zero attached hydrogens (tertiary/aromatic N) is 1. The van der Waals surface area contributed by atoms with Crippen molar-refractivity contribution in [3.8, 4) is 0 Å². The second-order valence-corrected chi connectivity index (χ2v) is 4.14. The number of urea groups is 1. The number of nitrogens with two attached hydrogens (primary N) is 1. The first-order chi connectivity index (χ1) is 9.04. The fourth-order valence-corrected chi connectivity index (χ4v) is 1.78. The van der Waals surface area contributed by atoms with E-state index in [1.807, 2.05) is 0 Å². The molecular weight excluding hydrogens is 250 g/mol. The van der Waals surface area contributed by atoms with Crippen LogP contribution < -0.4 is 21.7 Å². The highest BCUT2D eigenvalue weighted by Crippen LogP contribution is 2.01. The van der Waals surface area contributed by atoms with E-state index in [1.54, 1.807) is 4.90 Å². The van der Waals surface area contributed by atoms with E-state index in [2.05, 4.69) is 22.5 Å². The van der Waals surface area contributed by atoms with E-state index in [0.29, 0.717) is 19.6 Å². The average Bonchev–Trinajstić information content (AvgIpc) is 2.36. The van der Waals surface area contributed by atoms with Gasteiger partial charge in [0.05, 0.1) is 6.54 Å². The molecule has 1 heterocycles. The van der Waals surface area contributed by atoms with Gasteiger partial charge in [0.2, 0.25) is 11.8 Å². The predicted octanol–water partition coefficient (Wildman–Crippen LogP) is -2.24. The van der Waals surface area contributed by atoms with Gasteiger partial charge in [-0.05, 0) is 0 Å². The monoisotopic (exact) mass is 269 g/mol. The number of carbonyl (C=O) groups is 3. The number of rotatable bonds is 5. The van der Waals surface area contributed by atoms with E-state index in [9.17, 15) is 14.4 Å². The van der Waals surface area contributed by atoms with Gasteiger partial charge < -0.3 is 16.4 Å². The summed E-state index contributed by atoms with van der Waals surface area (Å²) in [6.07, 6.45) is 1.50. The lowest BCUT2D eigenvalue weighted by atomic mass is 10.2. The molecule has 8 nitrogen and oxygen atoms in total. The Morgan fingerprint density at radius 1 is 1.47 bits per heavy atom. The number of hydrogen-bond acceptors (Lipinski definition) is 5. The van der Waals surface area contributed by atoms with Crippen LogP contribution in [0.25, 0.3) is 0 Å². The van der Waals surface area contributed by atoms with Gasteiger partial charge in [-0.15, -0.1) is 6.58 Å². The molecule has 19 heavy (non-hydrogen) atoms. The minimum atomic E-state index is -0.587. The largest absolute Gasteiger partial charge is 0.368 e.